The van der Waals surface area contributed by atoms with Gasteiger partial charge in [0.25, 0.3) is 0 Å². The Morgan fingerprint density at radius 2 is 2.16 bits per heavy atom. The van der Waals surface area contributed by atoms with Gasteiger partial charge >= 0.3 is 0 Å². The van der Waals surface area contributed by atoms with Crippen molar-refractivity contribution in [1.82, 2.24) is 15.5 Å². The number of nitrogens with two attached hydrogens (primary N) is 1. The number of aryl methyl sites for hydroxylation is 2. The van der Waals surface area contributed by atoms with E-state index < -0.39 is 0 Å². The fraction of sp³-hybridized carbons (Fsp3) is 0.750. The van der Waals surface area contributed by atoms with E-state index in [4.69, 9.17) is 10.3 Å². The topological polar surface area (TPSA) is 94.0 Å². The van der Waals surface area contributed by atoms with Crippen LogP contribution >= 0.6 is 12.4 Å². The predicted octanol–water partition coefficient (Wildman–Crippen LogP) is 1.22. The number of aromatic nitrogens is 2. The van der Waals surface area contributed by atoms with Crippen molar-refractivity contribution >= 4 is 18.3 Å². The Kier molecular flexibility index (Phi) is 7.00. The van der Waals surface area contributed by atoms with Crippen LogP contribution in [0.1, 0.15) is 38.9 Å². The summed E-state index contributed by atoms with van der Waals surface area (Å²) in [4.78, 5) is 15.9. The van der Waals surface area contributed by atoms with Gasteiger partial charge in [-0.2, -0.15) is 4.98 Å². The summed E-state index contributed by atoms with van der Waals surface area (Å²) < 4.78 is 4.95. The van der Waals surface area contributed by atoms with E-state index in [1.54, 1.807) is 6.92 Å². The van der Waals surface area contributed by atoms with E-state index in [9.17, 15) is 4.79 Å². The second-order valence-electron chi connectivity index (χ2n) is 5.06. The molecule has 0 aliphatic rings. The van der Waals surface area contributed by atoms with Crippen LogP contribution in [0.5, 0.6) is 0 Å². The van der Waals surface area contributed by atoms with E-state index in [0.29, 0.717) is 31.1 Å². The van der Waals surface area contributed by atoms with E-state index >= 15 is 0 Å². The van der Waals surface area contributed by atoms with Gasteiger partial charge < -0.3 is 15.6 Å². The lowest BCUT2D eigenvalue weighted by atomic mass is 9.88. The second-order valence-corrected chi connectivity index (χ2v) is 5.06. The third-order valence-electron chi connectivity index (χ3n) is 3.26. The summed E-state index contributed by atoms with van der Waals surface area (Å²) in [5, 5.41) is 6.64. The zero-order chi connectivity index (χ0) is 13.8. The maximum atomic E-state index is 11.8. The molecule has 6 nitrogen and oxygen atoms in total. The predicted molar refractivity (Wildman–Crippen MR) is 75.0 cm³/mol. The summed E-state index contributed by atoms with van der Waals surface area (Å²) in [6.07, 6.45) is 0.773. The Hall–Kier alpha value is -1.14. The van der Waals surface area contributed by atoms with Crippen LogP contribution in [0.2, 0.25) is 0 Å². The molecule has 1 rings (SSSR count). The summed E-state index contributed by atoms with van der Waals surface area (Å²) in [7, 11) is 0. The fourth-order valence-corrected chi connectivity index (χ4v) is 1.47. The summed E-state index contributed by atoms with van der Waals surface area (Å²) >= 11 is 0. The molecule has 1 aromatic rings. The van der Waals surface area contributed by atoms with Crippen LogP contribution in [0.25, 0.3) is 0 Å². The standard InChI is InChI=1S/C12H22N4O2.ClH/c1-8(2)12(4,7-13)15-10(17)5-6-11-14-9(3)16-18-11;/h8H,5-7,13H2,1-4H3,(H,15,17);1H. The number of carbonyl (C=O) groups is 1. The molecule has 3 N–H and O–H groups in total. The van der Waals surface area contributed by atoms with Gasteiger partial charge in [0.15, 0.2) is 5.82 Å². The molecular weight excluding hydrogens is 268 g/mol. The van der Waals surface area contributed by atoms with Crippen molar-refractivity contribution in [3.63, 3.8) is 0 Å². The zero-order valence-corrected chi connectivity index (χ0v) is 12.7. The number of hydrogen-bond acceptors (Lipinski definition) is 5. The van der Waals surface area contributed by atoms with Crippen LogP contribution in [-0.4, -0.2) is 28.1 Å². The number of rotatable bonds is 6. The summed E-state index contributed by atoms with van der Waals surface area (Å²) in [5.74, 6) is 1.30. The average molecular weight is 291 g/mol. The first-order valence-electron chi connectivity index (χ1n) is 6.17. The third-order valence-corrected chi connectivity index (χ3v) is 3.26. The molecule has 0 saturated carbocycles. The summed E-state index contributed by atoms with van der Waals surface area (Å²) in [5.41, 5.74) is 5.34. The van der Waals surface area contributed by atoms with Crippen LogP contribution < -0.4 is 11.1 Å². The van der Waals surface area contributed by atoms with Crippen molar-refractivity contribution in [3.8, 4) is 0 Å². The highest BCUT2D eigenvalue weighted by atomic mass is 35.5. The van der Waals surface area contributed by atoms with Gasteiger partial charge in [-0.15, -0.1) is 12.4 Å². The maximum Gasteiger partial charge on any atom is 0.227 e. The van der Waals surface area contributed by atoms with Gasteiger partial charge in [-0.25, -0.2) is 0 Å². The monoisotopic (exact) mass is 290 g/mol. The molecule has 0 radical (unpaired) electrons. The number of amides is 1. The molecule has 1 unspecified atom stereocenters. The van der Waals surface area contributed by atoms with Crippen LogP contribution in [0.15, 0.2) is 4.52 Å². The highest BCUT2D eigenvalue weighted by Gasteiger charge is 2.28. The minimum atomic E-state index is -0.373. The largest absolute Gasteiger partial charge is 0.349 e. The lowest BCUT2D eigenvalue weighted by Gasteiger charge is -2.33. The summed E-state index contributed by atoms with van der Waals surface area (Å²) in [6, 6.07) is 0. The van der Waals surface area contributed by atoms with E-state index in [1.807, 2.05) is 20.8 Å². The fourth-order valence-electron chi connectivity index (χ4n) is 1.47. The van der Waals surface area contributed by atoms with Crippen molar-refractivity contribution in [2.75, 3.05) is 6.54 Å². The van der Waals surface area contributed by atoms with Gasteiger partial charge in [-0.1, -0.05) is 19.0 Å². The molecule has 110 valence electrons. The Balaban J connectivity index is 0.00000324. The first kappa shape index (κ1) is 17.9. The van der Waals surface area contributed by atoms with E-state index in [2.05, 4.69) is 15.5 Å². The van der Waals surface area contributed by atoms with Crippen LogP contribution in [0.4, 0.5) is 0 Å². The van der Waals surface area contributed by atoms with Gasteiger partial charge in [0.2, 0.25) is 11.8 Å². The second kappa shape index (κ2) is 7.45. The van der Waals surface area contributed by atoms with Gasteiger partial charge in [0, 0.05) is 19.4 Å². The normalized spacial score (nSPS) is 13.8. The molecule has 7 heteroatoms. The van der Waals surface area contributed by atoms with Crippen molar-refractivity contribution in [1.29, 1.82) is 0 Å². The molecule has 0 aliphatic carbocycles. The highest BCUT2D eigenvalue weighted by Crippen LogP contribution is 2.15. The SMILES string of the molecule is Cc1noc(CCC(=O)NC(C)(CN)C(C)C)n1.Cl. The molecule has 0 saturated heterocycles. The molecule has 0 spiro atoms. The Morgan fingerprint density at radius 3 is 2.58 bits per heavy atom. The summed E-state index contributed by atoms with van der Waals surface area (Å²) in [6.45, 7) is 8.18. The van der Waals surface area contributed by atoms with Crippen LogP contribution in [0, 0.1) is 12.8 Å². The minimum absolute atomic E-state index is 0. The smallest absolute Gasteiger partial charge is 0.227 e. The Labute approximate surface area is 119 Å². The Bertz CT molecular complexity index is 408. The van der Waals surface area contributed by atoms with Crippen LogP contribution in [0.3, 0.4) is 0 Å². The number of nitrogens with one attached hydrogen (secondary N) is 1. The molecule has 1 aromatic heterocycles. The van der Waals surface area contributed by atoms with E-state index in [0.717, 1.165) is 0 Å². The maximum absolute atomic E-state index is 11.8. The molecule has 0 fully saturated rings. The molecule has 1 heterocycles. The van der Waals surface area contributed by atoms with Crippen molar-refractivity contribution < 1.29 is 9.32 Å². The Morgan fingerprint density at radius 1 is 1.53 bits per heavy atom. The molecule has 1 atom stereocenters. The number of nitrogens with zero attached hydrogens (tertiary/aromatic N) is 2. The van der Waals surface area contributed by atoms with Gasteiger partial charge in [-0.05, 0) is 19.8 Å². The van der Waals surface area contributed by atoms with Gasteiger partial charge in [0.1, 0.15) is 0 Å². The lowest BCUT2D eigenvalue weighted by molar-refractivity contribution is -0.123. The quantitative estimate of drug-likeness (QED) is 0.821. The highest BCUT2D eigenvalue weighted by molar-refractivity contribution is 5.85. The van der Waals surface area contributed by atoms with Gasteiger partial charge in [-0.3, -0.25) is 4.79 Å². The first-order chi connectivity index (χ1) is 8.37. The van der Waals surface area contributed by atoms with E-state index in [-0.39, 0.29) is 29.8 Å². The number of halogens is 1. The molecule has 1 amide bonds. The molecule has 0 aromatic carbocycles. The average Bonchev–Trinajstić information content (AvgIpc) is 2.72. The number of hydrogen-bond donors (Lipinski definition) is 2. The van der Waals surface area contributed by atoms with Gasteiger partial charge in [0.05, 0.1) is 5.54 Å². The molecule has 0 bridgehead atoms. The molecule has 19 heavy (non-hydrogen) atoms. The molecular formula is C12H23ClN4O2. The van der Waals surface area contributed by atoms with E-state index in [1.165, 1.54) is 0 Å². The third kappa shape index (κ3) is 5.16. The van der Waals surface area contributed by atoms with Crippen molar-refractivity contribution in [2.45, 2.75) is 46.1 Å². The van der Waals surface area contributed by atoms with Crippen molar-refractivity contribution in [3.05, 3.63) is 11.7 Å². The minimum Gasteiger partial charge on any atom is -0.349 e. The molecule has 0 aliphatic heterocycles. The lowest BCUT2D eigenvalue weighted by Crippen LogP contribution is -2.55. The zero-order valence-electron chi connectivity index (χ0n) is 11.9. The van der Waals surface area contributed by atoms with Crippen LogP contribution in [-0.2, 0) is 11.2 Å². The number of carbonyl (C=O) groups excluding carboxylic acids is 1. The first-order valence-corrected chi connectivity index (χ1v) is 6.17. The van der Waals surface area contributed by atoms with Crippen molar-refractivity contribution in [2.24, 2.45) is 11.7 Å².